The molecule has 0 spiro atoms. The molecule has 1 amide bonds. The van der Waals surface area contributed by atoms with E-state index in [4.69, 9.17) is 21.1 Å². The summed E-state index contributed by atoms with van der Waals surface area (Å²) < 4.78 is 26.4. The smallest absolute Gasteiger partial charge is 0.410 e. The van der Waals surface area contributed by atoms with Crippen molar-refractivity contribution in [2.24, 2.45) is 0 Å². The number of hydrogen-bond acceptors (Lipinski definition) is 7. The van der Waals surface area contributed by atoms with Crippen LogP contribution in [0.4, 0.5) is 15.0 Å². The van der Waals surface area contributed by atoms with E-state index in [1.165, 1.54) is 17.4 Å². The fourth-order valence-electron chi connectivity index (χ4n) is 4.50. The number of carbonyl (C=O) groups excluding carboxylic acids is 2. The third-order valence-electron chi connectivity index (χ3n) is 6.39. The van der Waals surface area contributed by atoms with E-state index in [2.05, 4.69) is 20.3 Å². The number of ether oxygens (including phenoxy) is 2. The van der Waals surface area contributed by atoms with Crippen LogP contribution >= 0.6 is 11.6 Å². The third kappa shape index (κ3) is 6.02. The SMILES string of the molecule is CC(C)(C)OC(=O)N1CC[C@@H](Nc2ncnc3[nH]cc(C(=O)c4ccc(Oc5ccccc5)cc4Cl)c23)[C@H](F)C1. The van der Waals surface area contributed by atoms with Crippen LogP contribution in [0.25, 0.3) is 11.0 Å². The number of nitrogens with one attached hydrogen (secondary N) is 2. The van der Waals surface area contributed by atoms with E-state index >= 15 is 4.39 Å². The molecular weight excluding hydrogens is 537 g/mol. The van der Waals surface area contributed by atoms with Gasteiger partial charge in [0.2, 0.25) is 0 Å². The zero-order valence-corrected chi connectivity index (χ0v) is 23.0. The molecule has 2 aromatic heterocycles. The number of rotatable bonds is 6. The Morgan fingerprint density at radius 3 is 2.58 bits per heavy atom. The number of H-pyrrole nitrogens is 1. The highest BCUT2D eigenvalue weighted by molar-refractivity contribution is 6.35. The van der Waals surface area contributed by atoms with Crippen molar-refractivity contribution in [1.29, 1.82) is 0 Å². The zero-order chi connectivity index (χ0) is 28.4. The Bertz CT molecular complexity index is 1540. The lowest BCUT2D eigenvalue weighted by Crippen LogP contribution is -2.51. The van der Waals surface area contributed by atoms with Crippen molar-refractivity contribution in [3.8, 4) is 11.5 Å². The number of halogens is 2. The van der Waals surface area contributed by atoms with Crippen LogP contribution in [0, 0.1) is 0 Å². The van der Waals surface area contributed by atoms with Gasteiger partial charge in [-0.2, -0.15) is 0 Å². The van der Waals surface area contributed by atoms with Crippen LogP contribution < -0.4 is 10.1 Å². The van der Waals surface area contributed by atoms with Gasteiger partial charge in [-0.15, -0.1) is 0 Å². The van der Waals surface area contributed by atoms with Gasteiger partial charge >= 0.3 is 6.09 Å². The van der Waals surface area contributed by atoms with Gasteiger partial charge in [0, 0.05) is 24.4 Å². The third-order valence-corrected chi connectivity index (χ3v) is 6.71. The van der Waals surface area contributed by atoms with Crippen molar-refractivity contribution >= 4 is 40.3 Å². The highest BCUT2D eigenvalue weighted by Crippen LogP contribution is 2.32. The molecule has 2 N–H and O–H groups in total. The standard InChI is InChI=1S/C29H29ClFN5O4/c1-29(2,3)40-28(38)36-12-11-23(22(31)15-36)35-27-24-20(14-32-26(24)33-16-34-27)25(37)19-10-9-18(13-21(19)30)39-17-7-5-4-6-8-17/h4-10,13-14,16,22-23H,11-12,15H2,1-3H3,(H2,32,33,34,35)/t22-,23-/m1/s1. The maximum absolute atomic E-state index is 15.2. The molecule has 0 aliphatic carbocycles. The van der Waals surface area contributed by atoms with Crippen molar-refractivity contribution in [1.82, 2.24) is 19.9 Å². The van der Waals surface area contributed by atoms with Gasteiger partial charge in [-0.3, -0.25) is 4.79 Å². The maximum atomic E-state index is 15.2. The molecule has 2 atom stereocenters. The number of anilines is 1. The Balaban J connectivity index is 1.34. The van der Waals surface area contributed by atoms with Crippen LogP contribution in [-0.4, -0.2) is 62.6 Å². The second kappa shape index (κ2) is 11.1. The van der Waals surface area contributed by atoms with Gasteiger partial charge in [0.25, 0.3) is 0 Å². The molecule has 1 aliphatic rings. The minimum absolute atomic E-state index is 0.118. The first-order valence-corrected chi connectivity index (χ1v) is 13.2. The molecule has 208 valence electrons. The lowest BCUT2D eigenvalue weighted by Gasteiger charge is -2.36. The van der Waals surface area contributed by atoms with Gasteiger partial charge < -0.3 is 24.7 Å². The van der Waals surface area contributed by atoms with Crippen molar-refractivity contribution in [3.63, 3.8) is 0 Å². The van der Waals surface area contributed by atoms with Crippen molar-refractivity contribution < 1.29 is 23.5 Å². The number of aromatic amines is 1. The van der Waals surface area contributed by atoms with Gasteiger partial charge in [-0.25, -0.2) is 19.2 Å². The molecule has 0 bridgehead atoms. The normalized spacial score (nSPS) is 17.5. The van der Waals surface area contributed by atoms with Crippen LogP contribution in [0.2, 0.25) is 5.02 Å². The number of likely N-dealkylation sites (tertiary alicyclic amines) is 1. The molecule has 3 heterocycles. The maximum Gasteiger partial charge on any atom is 0.410 e. The first kappa shape index (κ1) is 27.4. The summed E-state index contributed by atoms with van der Waals surface area (Å²) in [6.07, 6.45) is 1.27. The number of nitrogens with zero attached hydrogens (tertiary/aromatic N) is 3. The summed E-state index contributed by atoms with van der Waals surface area (Å²) in [6, 6.07) is 13.4. The number of piperidine rings is 1. The second-order valence-electron chi connectivity index (χ2n) is 10.5. The lowest BCUT2D eigenvalue weighted by molar-refractivity contribution is 0.0125. The molecule has 0 saturated carbocycles. The second-order valence-corrected chi connectivity index (χ2v) is 10.9. The van der Waals surface area contributed by atoms with Crippen LogP contribution in [0.15, 0.2) is 61.1 Å². The summed E-state index contributed by atoms with van der Waals surface area (Å²) in [5, 5.41) is 3.78. The van der Waals surface area contributed by atoms with Gasteiger partial charge in [0.05, 0.1) is 28.6 Å². The number of amides is 1. The minimum Gasteiger partial charge on any atom is -0.457 e. The van der Waals surface area contributed by atoms with Crippen molar-refractivity contribution in [2.45, 2.75) is 45.0 Å². The van der Waals surface area contributed by atoms with Gasteiger partial charge in [-0.1, -0.05) is 29.8 Å². The van der Waals surface area contributed by atoms with E-state index in [1.54, 1.807) is 39.0 Å². The fraction of sp³-hybridized carbons (Fsp3) is 0.310. The van der Waals surface area contributed by atoms with Crippen molar-refractivity contribution in [2.75, 3.05) is 18.4 Å². The summed E-state index contributed by atoms with van der Waals surface area (Å²) in [6.45, 7) is 5.49. The number of para-hydroxylation sites is 1. The average molecular weight is 566 g/mol. The van der Waals surface area contributed by atoms with E-state index in [-0.39, 0.29) is 22.9 Å². The predicted molar refractivity (Wildman–Crippen MR) is 150 cm³/mol. The number of alkyl halides is 1. The number of ketones is 1. The molecule has 1 fully saturated rings. The molecule has 11 heteroatoms. The topological polar surface area (TPSA) is 109 Å². The van der Waals surface area contributed by atoms with E-state index in [0.29, 0.717) is 46.9 Å². The Morgan fingerprint density at radius 1 is 1.10 bits per heavy atom. The molecular formula is C29H29ClFN5O4. The number of benzene rings is 2. The molecule has 0 unspecified atom stereocenters. The van der Waals surface area contributed by atoms with Gasteiger partial charge in [0.1, 0.15) is 41.1 Å². The summed E-state index contributed by atoms with van der Waals surface area (Å²) in [7, 11) is 0. The van der Waals surface area contributed by atoms with Crippen LogP contribution in [-0.2, 0) is 4.74 Å². The van der Waals surface area contributed by atoms with E-state index < -0.39 is 23.9 Å². The van der Waals surface area contributed by atoms with Crippen LogP contribution in [0.1, 0.15) is 43.1 Å². The molecule has 9 nitrogen and oxygen atoms in total. The predicted octanol–water partition coefficient (Wildman–Crippen LogP) is 6.39. The molecule has 40 heavy (non-hydrogen) atoms. The zero-order valence-electron chi connectivity index (χ0n) is 22.3. The number of fused-ring (bicyclic) bond motifs is 1. The highest BCUT2D eigenvalue weighted by Gasteiger charge is 2.34. The van der Waals surface area contributed by atoms with E-state index in [9.17, 15) is 9.59 Å². The van der Waals surface area contributed by atoms with Crippen molar-refractivity contribution in [3.05, 3.63) is 77.2 Å². The fourth-order valence-corrected chi connectivity index (χ4v) is 4.76. The molecule has 1 saturated heterocycles. The summed E-state index contributed by atoms with van der Waals surface area (Å²) in [5.41, 5.74) is 0.313. The monoisotopic (exact) mass is 565 g/mol. The summed E-state index contributed by atoms with van der Waals surface area (Å²) in [5.74, 6) is 1.10. The number of aromatic nitrogens is 3. The lowest BCUT2D eigenvalue weighted by atomic mass is 10.0. The van der Waals surface area contributed by atoms with E-state index in [1.807, 2.05) is 30.3 Å². The summed E-state index contributed by atoms with van der Waals surface area (Å²) in [4.78, 5) is 38.9. The average Bonchev–Trinajstić information content (AvgIpc) is 3.34. The molecule has 1 aliphatic heterocycles. The number of carbonyl (C=O) groups is 2. The Labute approximate surface area is 235 Å². The molecule has 2 aromatic carbocycles. The molecule has 0 radical (unpaired) electrons. The van der Waals surface area contributed by atoms with Crippen LogP contribution in [0.5, 0.6) is 11.5 Å². The first-order chi connectivity index (χ1) is 19.1. The van der Waals surface area contributed by atoms with Gasteiger partial charge in [0.15, 0.2) is 5.78 Å². The number of hydrogen-bond donors (Lipinski definition) is 2. The quantitative estimate of drug-likeness (QED) is 0.260. The molecule has 5 rings (SSSR count). The minimum atomic E-state index is -1.38. The summed E-state index contributed by atoms with van der Waals surface area (Å²) >= 11 is 6.50. The van der Waals surface area contributed by atoms with Gasteiger partial charge in [-0.05, 0) is 51.5 Å². The van der Waals surface area contributed by atoms with Crippen LogP contribution in [0.3, 0.4) is 0 Å². The highest BCUT2D eigenvalue weighted by atomic mass is 35.5. The first-order valence-electron chi connectivity index (χ1n) is 12.9. The molecule has 4 aromatic rings. The Hall–Kier alpha value is -4.18. The Kier molecular flexibility index (Phi) is 7.62. The largest absolute Gasteiger partial charge is 0.457 e. The Morgan fingerprint density at radius 2 is 1.88 bits per heavy atom. The van der Waals surface area contributed by atoms with E-state index in [0.717, 1.165) is 0 Å².